The Balaban J connectivity index is 2.65. The lowest BCUT2D eigenvalue weighted by molar-refractivity contribution is 0.497. The minimum Gasteiger partial charge on any atom is -0.271 e. The first-order valence-corrected chi connectivity index (χ1v) is 6.09. The van der Waals surface area contributed by atoms with Gasteiger partial charge in [-0.25, -0.2) is 0 Å². The molecule has 0 aliphatic rings. The van der Waals surface area contributed by atoms with Crippen LogP contribution in [0, 0.1) is 25.7 Å². The van der Waals surface area contributed by atoms with Crippen LogP contribution >= 0.6 is 0 Å². The van der Waals surface area contributed by atoms with Crippen LogP contribution in [0.3, 0.4) is 0 Å². The van der Waals surface area contributed by atoms with Crippen molar-refractivity contribution in [1.82, 2.24) is 5.43 Å². The summed E-state index contributed by atoms with van der Waals surface area (Å²) in [6, 6.07) is 6.86. The molecule has 3 N–H and O–H groups in total. The SMILES string of the molecule is CC#CCCC(Cc1cc(C)ccc1C)NN. The van der Waals surface area contributed by atoms with Gasteiger partial charge in [0.2, 0.25) is 0 Å². The molecule has 1 rings (SSSR count). The van der Waals surface area contributed by atoms with Crippen molar-refractivity contribution in [2.75, 3.05) is 0 Å². The van der Waals surface area contributed by atoms with Gasteiger partial charge in [-0.1, -0.05) is 23.8 Å². The number of rotatable bonds is 5. The summed E-state index contributed by atoms with van der Waals surface area (Å²) < 4.78 is 0. The van der Waals surface area contributed by atoms with Gasteiger partial charge in [-0.05, 0) is 44.7 Å². The second kappa shape index (κ2) is 7.11. The molecule has 0 saturated carbocycles. The van der Waals surface area contributed by atoms with Crippen molar-refractivity contribution in [3.63, 3.8) is 0 Å². The Morgan fingerprint density at radius 2 is 2.12 bits per heavy atom. The molecule has 0 amide bonds. The lowest BCUT2D eigenvalue weighted by Crippen LogP contribution is -2.36. The van der Waals surface area contributed by atoms with E-state index in [1.165, 1.54) is 16.7 Å². The monoisotopic (exact) mass is 230 g/mol. The fourth-order valence-electron chi connectivity index (χ4n) is 1.90. The summed E-state index contributed by atoms with van der Waals surface area (Å²) in [5.74, 6) is 11.6. The average molecular weight is 230 g/mol. The lowest BCUT2D eigenvalue weighted by Gasteiger charge is -2.16. The first kappa shape index (κ1) is 13.8. The molecule has 0 spiro atoms. The van der Waals surface area contributed by atoms with E-state index in [-0.39, 0.29) is 0 Å². The number of aryl methyl sites for hydroxylation is 2. The third-order valence-electron chi connectivity index (χ3n) is 3.00. The minimum atomic E-state index is 0.302. The van der Waals surface area contributed by atoms with Crippen molar-refractivity contribution in [3.05, 3.63) is 34.9 Å². The van der Waals surface area contributed by atoms with Crippen LogP contribution in [0.5, 0.6) is 0 Å². The minimum absolute atomic E-state index is 0.302. The van der Waals surface area contributed by atoms with E-state index in [1.54, 1.807) is 0 Å². The quantitative estimate of drug-likeness (QED) is 0.463. The van der Waals surface area contributed by atoms with E-state index in [9.17, 15) is 0 Å². The van der Waals surface area contributed by atoms with Gasteiger partial charge in [0.15, 0.2) is 0 Å². The van der Waals surface area contributed by atoms with E-state index >= 15 is 0 Å². The van der Waals surface area contributed by atoms with Crippen LogP contribution in [0.25, 0.3) is 0 Å². The van der Waals surface area contributed by atoms with Crippen LogP contribution in [0.1, 0.15) is 36.5 Å². The Morgan fingerprint density at radius 1 is 1.35 bits per heavy atom. The molecule has 0 aromatic heterocycles. The highest BCUT2D eigenvalue weighted by Gasteiger charge is 2.08. The lowest BCUT2D eigenvalue weighted by atomic mass is 9.97. The van der Waals surface area contributed by atoms with Crippen molar-refractivity contribution >= 4 is 0 Å². The van der Waals surface area contributed by atoms with E-state index < -0.39 is 0 Å². The first-order chi connectivity index (χ1) is 8.17. The first-order valence-electron chi connectivity index (χ1n) is 6.09. The van der Waals surface area contributed by atoms with E-state index in [0.717, 1.165) is 19.3 Å². The molecule has 0 fully saturated rings. The molecule has 1 unspecified atom stereocenters. The maximum atomic E-state index is 5.59. The number of benzene rings is 1. The molecule has 1 atom stereocenters. The highest BCUT2D eigenvalue weighted by atomic mass is 15.2. The van der Waals surface area contributed by atoms with Crippen molar-refractivity contribution < 1.29 is 0 Å². The third-order valence-corrected chi connectivity index (χ3v) is 3.00. The Morgan fingerprint density at radius 3 is 2.76 bits per heavy atom. The van der Waals surface area contributed by atoms with Gasteiger partial charge in [0.1, 0.15) is 0 Å². The largest absolute Gasteiger partial charge is 0.271 e. The van der Waals surface area contributed by atoms with Gasteiger partial charge in [0, 0.05) is 12.5 Å². The van der Waals surface area contributed by atoms with Gasteiger partial charge in [-0.2, -0.15) is 0 Å². The number of hydrogen-bond donors (Lipinski definition) is 2. The fraction of sp³-hybridized carbons (Fsp3) is 0.467. The van der Waals surface area contributed by atoms with Crippen LogP contribution in [-0.4, -0.2) is 6.04 Å². The Labute approximate surface area is 105 Å². The van der Waals surface area contributed by atoms with Crippen molar-refractivity contribution in [2.45, 2.75) is 46.1 Å². The van der Waals surface area contributed by atoms with E-state index in [1.807, 2.05) is 6.92 Å². The van der Waals surface area contributed by atoms with Crippen molar-refractivity contribution in [1.29, 1.82) is 0 Å². The van der Waals surface area contributed by atoms with Crippen LogP contribution in [-0.2, 0) is 6.42 Å². The Bertz CT molecular complexity index is 413. The van der Waals surface area contributed by atoms with E-state index in [4.69, 9.17) is 5.84 Å². The molecular weight excluding hydrogens is 208 g/mol. The zero-order chi connectivity index (χ0) is 12.7. The average Bonchev–Trinajstić information content (AvgIpc) is 2.32. The summed E-state index contributed by atoms with van der Waals surface area (Å²) >= 11 is 0. The molecule has 1 aromatic carbocycles. The zero-order valence-corrected chi connectivity index (χ0v) is 11.0. The molecule has 0 saturated heterocycles. The zero-order valence-electron chi connectivity index (χ0n) is 11.0. The van der Waals surface area contributed by atoms with Crippen molar-refractivity contribution in [3.8, 4) is 11.8 Å². The maximum absolute atomic E-state index is 5.59. The van der Waals surface area contributed by atoms with Gasteiger partial charge in [0.25, 0.3) is 0 Å². The second-order valence-corrected chi connectivity index (χ2v) is 4.46. The van der Waals surface area contributed by atoms with E-state index in [2.05, 4.69) is 49.3 Å². The van der Waals surface area contributed by atoms with Crippen LogP contribution in [0.15, 0.2) is 18.2 Å². The summed E-state index contributed by atoms with van der Waals surface area (Å²) in [7, 11) is 0. The molecule has 1 aromatic rings. The molecule has 0 heterocycles. The van der Waals surface area contributed by atoms with Crippen molar-refractivity contribution in [2.24, 2.45) is 5.84 Å². The summed E-state index contributed by atoms with van der Waals surface area (Å²) in [5, 5.41) is 0. The van der Waals surface area contributed by atoms with Crippen LogP contribution in [0.2, 0.25) is 0 Å². The predicted octanol–water partition coefficient (Wildman–Crippen LogP) is 2.48. The summed E-state index contributed by atoms with van der Waals surface area (Å²) in [5.41, 5.74) is 6.89. The molecule has 0 aliphatic heterocycles. The molecule has 2 heteroatoms. The molecule has 0 bridgehead atoms. The highest BCUT2D eigenvalue weighted by Crippen LogP contribution is 2.14. The maximum Gasteiger partial charge on any atom is 0.0260 e. The molecule has 2 nitrogen and oxygen atoms in total. The molecule has 0 aliphatic carbocycles. The second-order valence-electron chi connectivity index (χ2n) is 4.46. The number of hydrazine groups is 1. The number of hydrogen-bond acceptors (Lipinski definition) is 2. The van der Waals surface area contributed by atoms with Gasteiger partial charge in [0.05, 0.1) is 0 Å². The smallest absolute Gasteiger partial charge is 0.0260 e. The number of nitrogens with one attached hydrogen (secondary N) is 1. The van der Waals surface area contributed by atoms with Crippen LogP contribution in [0.4, 0.5) is 0 Å². The molecule has 0 radical (unpaired) electrons. The molecular formula is C15H22N2. The normalized spacial score (nSPS) is 11.8. The summed E-state index contributed by atoms with van der Waals surface area (Å²) in [6.45, 7) is 6.14. The van der Waals surface area contributed by atoms with Gasteiger partial charge in [-0.15, -0.1) is 11.8 Å². The summed E-state index contributed by atoms with van der Waals surface area (Å²) in [4.78, 5) is 0. The Kier molecular flexibility index (Phi) is 5.76. The van der Waals surface area contributed by atoms with Gasteiger partial charge >= 0.3 is 0 Å². The van der Waals surface area contributed by atoms with Crippen LogP contribution < -0.4 is 11.3 Å². The molecule has 92 valence electrons. The topological polar surface area (TPSA) is 38.0 Å². The molecule has 17 heavy (non-hydrogen) atoms. The number of nitrogens with two attached hydrogens (primary N) is 1. The Hall–Kier alpha value is -1.30. The fourth-order valence-corrected chi connectivity index (χ4v) is 1.90. The summed E-state index contributed by atoms with van der Waals surface area (Å²) in [6.07, 6.45) is 2.86. The van der Waals surface area contributed by atoms with E-state index in [0.29, 0.717) is 6.04 Å². The third kappa shape index (κ3) is 4.60. The van der Waals surface area contributed by atoms with Gasteiger partial charge in [-0.3, -0.25) is 11.3 Å². The highest BCUT2D eigenvalue weighted by molar-refractivity contribution is 5.31. The van der Waals surface area contributed by atoms with Gasteiger partial charge < -0.3 is 0 Å². The predicted molar refractivity (Wildman–Crippen MR) is 73.4 cm³/mol. The standard InChI is InChI=1S/C15H22N2/c1-4-5-6-7-15(17-16)11-14-10-12(2)8-9-13(14)3/h8-10,15,17H,6-7,11,16H2,1-3H3.